The van der Waals surface area contributed by atoms with E-state index in [9.17, 15) is 23.1 Å². The van der Waals surface area contributed by atoms with Gasteiger partial charge in [-0.1, -0.05) is 55.0 Å². The van der Waals surface area contributed by atoms with Gasteiger partial charge in [-0.2, -0.15) is 4.31 Å². The molecule has 208 valence electrons. The van der Waals surface area contributed by atoms with Gasteiger partial charge in [0.05, 0.1) is 10.5 Å². The van der Waals surface area contributed by atoms with Crippen molar-refractivity contribution in [2.24, 2.45) is 17.8 Å². The number of sulfonamides is 1. The fourth-order valence-corrected chi connectivity index (χ4v) is 7.73. The second-order valence-corrected chi connectivity index (χ2v) is 13.2. The number of esters is 1. The molecule has 8 heteroatoms. The van der Waals surface area contributed by atoms with E-state index in [1.807, 2.05) is 44.2 Å². The molecule has 1 saturated carbocycles. The minimum absolute atomic E-state index is 0.0199. The maximum Gasteiger partial charge on any atom is 0.339 e. The van der Waals surface area contributed by atoms with Gasteiger partial charge in [-0.05, 0) is 75.0 Å². The first-order valence-electron chi connectivity index (χ1n) is 14.0. The topological polar surface area (TPSA) is 101 Å². The van der Waals surface area contributed by atoms with E-state index < -0.39 is 33.6 Å². The number of hydrogen-bond acceptors (Lipinski definition) is 6. The van der Waals surface area contributed by atoms with Gasteiger partial charge in [0.15, 0.2) is 11.9 Å². The molecule has 1 N–H and O–H groups in total. The lowest BCUT2D eigenvalue weighted by Crippen LogP contribution is -2.44. The van der Waals surface area contributed by atoms with Crippen molar-refractivity contribution in [1.82, 2.24) is 4.31 Å². The van der Waals surface area contributed by atoms with Crippen LogP contribution in [-0.2, 0) is 24.3 Å². The summed E-state index contributed by atoms with van der Waals surface area (Å²) in [5, 5.41) is 11.1. The van der Waals surface area contributed by atoms with E-state index in [0.717, 1.165) is 36.8 Å². The van der Waals surface area contributed by atoms with Gasteiger partial charge >= 0.3 is 5.97 Å². The van der Waals surface area contributed by atoms with Crippen LogP contribution in [0.5, 0.6) is 0 Å². The minimum atomic E-state index is -3.62. The molecule has 7 nitrogen and oxygen atoms in total. The molecular formula is C31H37NO6S. The predicted octanol–water partition coefficient (Wildman–Crippen LogP) is 5.31. The zero-order valence-electron chi connectivity index (χ0n) is 22.6. The smallest absolute Gasteiger partial charge is 0.339 e. The van der Waals surface area contributed by atoms with Crippen LogP contribution in [-0.4, -0.2) is 48.8 Å². The fraction of sp³-hybridized carbons (Fsp3) is 0.484. The lowest BCUT2D eigenvalue weighted by molar-refractivity contribution is -0.158. The zero-order chi connectivity index (χ0) is 27.7. The van der Waals surface area contributed by atoms with E-state index in [2.05, 4.69) is 0 Å². The van der Waals surface area contributed by atoms with Gasteiger partial charge in [-0.3, -0.25) is 4.79 Å². The number of ether oxygens (including phenoxy) is 1. The summed E-state index contributed by atoms with van der Waals surface area (Å²) >= 11 is 0. The van der Waals surface area contributed by atoms with Crippen LogP contribution in [0.15, 0.2) is 70.8 Å². The van der Waals surface area contributed by atoms with Gasteiger partial charge in [-0.25, -0.2) is 13.2 Å². The molecule has 0 radical (unpaired) electrons. The number of aryl methyl sites for hydroxylation is 1. The van der Waals surface area contributed by atoms with Gasteiger partial charge < -0.3 is 9.84 Å². The molecule has 0 spiro atoms. The number of benzene rings is 2. The highest BCUT2D eigenvalue weighted by atomic mass is 32.2. The first-order chi connectivity index (χ1) is 18.7. The Labute approximate surface area is 230 Å². The molecule has 3 aliphatic rings. The Hall–Kier alpha value is -2.97. The van der Waals surface area contributed by atoms with Crippen LogP contribution < -0.4 is 0 Å². The van der Waals surface area contributed by atoms with Gasteiger partial charge in [0.2, 0.25) is 15.8 Å². The van der Waals surface area contributed by atoms with Gasteiger partial charge in [-0.15, -0.1) is 0 Å². The minimum Gasteiger partial charge on any atom is -0.504 e. The van der Waals surface area contributed by atoms with E-state index in [4.69, 9.17) is 4.74 Å². The molecule has 39 heavy (non-hydrogen) atoms. The van der Waals surface area contributed by atoms with Crippen molar-refractivity contribution in [3.63, 3.8) is 0 Å². The molecule has 0 aromatic heterocycles. The van der Waals surface area contributed by atoms with Gasteiger partial charge in [0, 0.05) is 24.9 Å². The lowest BCUT2D eigenvalue weighted by Gasteiger charge is -2.36. The lowest BCUT2D eigenvalue weighted by atomic mass is 9.79. The molecule has 2 aromatic carbocycles. The summed E-state index contributed by atoms with van der Waals surface area (Å²) < 4.78 is 33.9. The number of carbonyl (C=O) groups excluding carboxylic acids is 2. The van der Waals surface area contributed by atoms with Crippen molar-refractivity contribution in [1.29, 1.82) is 0 Å². The summed E-state index contributed by atoms with van der Waals surface area (Å²) in [6, 6.07) is 16.4. The maximum absolute atomic E-state index is 13.4. The first kappa shape index (κ1) is 27.6. The SMILES string of the molecule is CCC(CC1CCCN(S(=O)(=O)c2ccc(C)cc2)C1)C1OC(=O)C(C(c2ccccc2)C2CC2)=C(O)C1=O. The summed E-state index contributed by atoms with van der Waals surface area (Å²) in [6.07, 6.45) is 3.46. The summed E-state index contributed by atoms with van der Waals surface area (Å²) in [7, 11) is -3.62. The third-order valence-corrected chi connectivity index (χ3v) is 10.4. The molecule has 2 heterocycles. The van der Waals surface area contributed by atoms with Crippen LogP contribution in [0.2, 0.25) is 0 Å². The summed E-state index contributed by atoms with van der Waals surface area (Å²) in [4.78, 5) is 27.0. The summed E-state index contributed by atoms with van der Waals surface area (Å²) in [5.41, 5.74) is 1.97. The Kier molecular flexibility index (Phi) is 7.96. The molecule has 2 fully saturated rings. The van der Waals surface area contributed by atoms with Crippen LogP contribution >= 0.6 is 0 Å². The number of Topliss-reactive ketones (excluding diaryl/α,β-unsaturated/α-hetero) is 1. The highest BCUT2D eigenvalue weighted by molar-refractivity contribution is 7.89. The third-order valence-electron chi connectivity index (χ3n) is 8.49. The molecule has 1 saturated heterocycles. The molecule has 2 aromatic rings. The Morgan fingerprint density at radius 3 is 2.36 bits per heavy atom. The zero-order valence-corrected chi connectivity index (χ0v) is 23.4. The largest absolute Gasteiger partial charge is 0.504 e. The normalized spacial score (nSPS) is 24.4. The number of aliphatic hydroxyl groups is 1. The molecule has 0 bridgehead atoms. The summed E-state index contributed by atoms with van der Waals surface area (Å²) in [5.74, 6) is -2.08. The van der Waals surface area contributed by atoms with E-state index in [0.29, 0.717) is 25.9 Å². The first-order valence-corrected chi connectivity index (χ1v) is 15.4. The van der Waals surface area contributed by atoms with Crippen molar-refractivity contribution in [3.8, 4) is 0 Å². The molecule has 4 atom stereocenters. The number of piperidine rings is 1. The standard InChI is InChI=1S/C31H37NO6S/c1-3-22(18-21-8-7-17-32(19-21)39(36,37)25-15-11-20(2)12-16-25)30-29(34)28(33)27(31(35)38-30)26(24-13-14-24)23-9-5-4-6-10-23/h4-6,9-12,15-16,21-22,24,26,30,33H,3,7-8,13-14,17-19H2,1-2H3. The Morgan fingerprint density at radius 2 is 1.72 bits per heavy atom. The van der Waals surface area contributed by atoms with E-state index in [-0.39, 0.29) is 34.1 Å². The second-order valence-electron chi connectivity index (χ2n) is 11.3. The van der Waals surface area contributed by atoms with E-state index in [1.54, 1.807) is 24.3 Å². The van der Waals surface area contributed by atoms with Gasteiger partial charge in [0.25, 0.3) is 0 Å². The molecule has 4 unspecified atom stereocenters. The molecule has 1 aliphatic carbocycles. The van der Waals surface area contributed by atoms with Crippen LogP contribution in [0.4, 0.5) is 0 Å². The van der Waals surface area contributed by atoms with Crippen LogP contribution in [0, 0.1) is 24.7 Å². The van der Waals surface area contributed by atoms with Crippen LogP contribution in [0.25, 0.3) is 0 Å². The second kappa shape index (κ2) is 11.3. The van der Waals surface area contributed by atoms with Crippen LogP contribution in [0.3, 0.4) is 0 Å². The predicted molar refractivity (Wildman–Crippen MR) is 148 cm³/mol. The van der Waals surface area contributed by atoms with Gasteiger partial charge in [0.1, 0.15) is 0 Å². The Balaban J connectivity index is 1.32. The molecule has 5 rings (SSSR count). The highest BCUT2D eigenvalue weighted by Crippen LogP contribution is 2.48. The van der Waals surface area contributed by atoms with Crippen molar-refractivity contribution < 1.29 is 27.9 Å². The number of hydrogen-bond donors (Lipinski definition) is 1. The third kappa shape index (κ3) is 5.68. The monoisotopic (exact) mass is 551 g/mol. The number of ketones is 1. The van der Waals surface area contributed by atoms with Crippen molar-refractivity contribution in [2.45, 2.75) is 69.3 Å². The van der Waals surface area contributed by atoms with E-state index in [1.165, 1.54) is 4.31 Å². The van der Waals surface area contributed by atoms with Crippen LogP contribution in [0.1, 0.15) is 62.5 Å². The number of cyclic esters (lactones) is 1. The molecule has 0 amide bonds. The van der Waals surface area contributed by atoms with Crippen molar-refractivity contribution >= 4 is 21.8 Å². The van der Waals surface area contributed by atoms with Crippen molar-refractivity contribution in [3.05, 3.63) is 77.1 Å². The Morgan fingerprint density at radius 1 is 1.03 bits per heavy atom. The highest BCUT2D eigenvalue weighted by Gasteiger charge is 2.47. The Bertz CT molecular complexity index is 1350. The number of rotatable bonds is 9. The van der Waals surface area contributed by atoms with Crippen molar-refractivity contribution in [2.75, 3.05) is 13.1 Å². The van der Waals surface area contributed by atoms with E-state index >= 15 is 0 Å². The average Bonchev–Trinajstić information content (AvgIpc) is 3.78. The fourth-order valence-electron chi connectivity index (χ4n) is 6.17. The number of carbonyl (C=O) groups is 2. The average molecular weight is 552 g/mol. The summed E-state index contributed by atoms with van der Waals surface area (Å²) in [6.45, 7) is 4.66. The number of nitrogens with zero attached hydrogens (tertiary/aromatic N) is 1. The number of aliphatic hydroxyl groups excluding tert-OH is 1. The quantitative estimate of drug-likeness (QED) is 0.424. The maximum atomic E-state index is 13.4. The molecule has 2 aliphatic heterocycles. The molecular weight excluding hydrogens is 514 g/mol.